The van der Waals surface area contributed by atoms with Crippen LogP contribution in [0.3, 0.4) is 0 Å². The highest BCUT2D eigenvalue weighted by atomic mass is 14.5. The van der Waals surface area contributed by atoms with Crippen LogP contribution in [0.2, 0.25) is 0 Å². The van der Waals surface area contributed by atoms with E-state index in [2.05, 4.69) is 27.7 Å². The molecule has 0 heteroatoms. The summed E-state index contributed by atoms with van der Waals surface area (Å²) in [6.07, 6.45) is 11.5. The Kier molecular flexibility index (Phi) is 4.04. The van der Waals surface area contributed by atoms with Gasteiger partial charge in [0.15, 0.2) is 0 Å². The summed E-state index contributed by atoms with van der Waals surface area (Å²) in [5.74, 6) is 0. The molecule has 0 aromatic heterocycles. The molecule has 1 aliphatic rings. The summed E-state index contributed by atoms with van der Waals surface area (Å²) in [6.45, 7) is 9.65. The maximum Gasteiger partial charge on any atom is -0.0246 e. The second-order valence-electron chi connectivity index (χ2n) is 5.18. The van der Waals surface area contributed by atoms with Crippen molar-refractivity contribution in [1.82, 2.24) is 0 Å². The van der Waals surface area contributed by atoms with Crippen molar-refractivity contribution < 1.29 is 0 Å². The van der Waals surface area contributed by atoms with Crippen LogP contribution in [0.15, 0.2) is 0 Å². The molecule has 0 nitrogen and oxygen atoms in total. The highest BCUT2D eigenvalue weighted by Crippen LogP contribution is 2.58. The van der Waals surface area contributed by atoms with E-state index < -0.39 is 0 Å². The summed E-state index contributed by atoms with van der Waals surface area (Å²) >= 11 is 0. The maximum absolute atomic E-state index is 2.41. The Hall–Kier alpha value is 0. The third-order valence-electron chi connectivity index (χ3n) is 5.39. The summed E-state index contributed by atoms with van der Waals surface area (Å²) in [4.78, 5) is 0. The van der Waals surface area contributed by atoms with E-state index in [0.29, 0.717) is 10.8 Å². The standard InChI is InChI=1S/C14H28/c1-5-13(6-2)11-9-10-12-14(13,7-3)8-4/h5-12H2,1-4H3. The second kappa shape index (κ2) is 4.68. The molecule has 0 heterocycles. The average molecular weight is 196 g/mol. The van der Waals surface area contributed by atoms with E-state index in [0.717, 1.165) is 0 Å². The van der Waals surface area contributed by atoms with E-state index in [9.17, 15) is 0 Å². The predicted octanol–water partition coefficient (Wildman–Crippen LogP) is 5.17. The molecule has 0 aromatic rings. The van der Waals surface area contributed by atoms with Crippen LogP contribution >= 0.6 is 0 Å². The highest BCUT2D eigenvalue weighted by Gasteiger charge is 2.47. The third kappa shape index (κ3) is 1.61. The van der Waals surface area contributed by atoms with Crippen molar-refractivity contribution in [1.29, 1.82) is 0 Å². The van der Waals surface area contributed by atoms with Gasteiger partial charge in [-0.3, -0.25) is 0 Å². The minimum absolute atomic E-state index is 0.675. The fourth-order valence-electron chi connectivity index (χ4n) is 4.16. The van der Waals surface area contributed by atoms with E-state index in [1.165, 1.54) is 51.4 Å². The second-order valence-corrected chi connectivity index (χ2v) is 5.18. The molecule has 1 fully saturated rings. The summed E-state index contributed by atoms with van der Waals surface area (Å²) < 4.78 is 0. The average Bonchev–Trinajstić information content (AvgIpc) is 2.28. The zero-order valence-corrected chi connectivity index (χ0v) is 10.7. The van der Waals surface area contributed by atoms with Gasteiger partial charge in [0.1, 0.15) is 0 Å². The van der Waals surface area contributed by atoms with Gasteiger partial charge in [-0.25, -0.2) is 0 Å². The van der Waals surface area contributed by atoms with E-state index in [4.69, 9.17) is 0 Å². The van der Waals surface area contributed by atoms with Crippen LogP contribution in [0.5, 0.6) is 0 Å². The lowest BCUT2D eigenvalue weighted by molar-refractivity contribution is -0.0306. The molecular weight excluding hydrogens is 168 g/mol. The van der Waals surface area contributed by atoms with Crippen LogP contribution in [0, 0.1) is 10.8 Å². The molecule has 0 spiro atoms. The first-order valence-electron chi connectivity index (χ1n) is 6.70. The normalized spacial score (nSPS) is 24.9. The Balaban J connectivity index is 2.96. The molecule has 1 rings (SSSR count). The van der Waals surface area contributed by atoms with Crippen molar-refractivity contribution in [2.75, 3.05) is 0 Å². The summed E-state index contributed by atoms with van der Waals surface area (Å²) in [5.41, 5.74) is 1.35. The zero-order chi connectivity index (χ0) is 10.7. The van der Waals surface area contributed by atoms with Crippen LogP contribution in [-0.2, 0) is 0 Å². The molecule has 14 heavy (non-hydrogen) atoms. The first-order valence-corrected chi connectivity index (χ1v) is 6.70. The molecule has 1 aliphatic carbocycles. The molecule has 0 aromatic carbocycles. The molecule has 0 unspecified atom stereocenters. The van der Waals surface area contributed by atoms with Gasteiger partial charge in [-0.1, -0.05) is 40.5 Å². The van der Waals surface area contributed by atoms with Crippen LogP contribution in [-0.4, -0.2) is 0 Å². The first kappa shape index (κ1) is 12.1. The SMILES string of the molecule is CCC1(CC)CCCCC1(CC)CC. The van der Waals surface area contributed by atoms with Gasteiger partial charge in [0.2, 0.25) is 0 Å². The molecule has 0 atom stereocenters. The molecule has 84 valence electrons. The van der Waals surface area contributed by atoms with E-state index in [1.807, 2.05) is 0 Å². The fraction of sp³-hybridized carbons (Fsp3) is 1.00. The molecule has 0 N–H and O–H groups in total. The van der Waals surface area contributed by atoms with Crippen LogP contribution in [0.1, 0.15) is 79.1 Å². The minimum Gasteiger partial charge on any atom is -0.0648 e. The summed E-state index contributed by atoms with van der Waals surface area (Å²) in [6, 6.07) is 0. The van der Waals surface area contributed by atoms with Gasteiger partial charge in [0.25, 0.3) is 0 Å². The highest BCUT2D eigenvalue weighted by molar-refractivity contribution is 4.97. The lowest BCUT2D eigenvalue weighted by Crippen LogP contribution is -2.43. The Morgan fingerprint density at radius 1 is 0.643 bits per heavy atom. The van der Waals surface area contributed by atoms with Crippen molar-refractivity contribution >= 4 is 0 Å². The Bertz CT molecular complexity index is 141. The molecule has 0 aliphatic heterocycles. The van der Waals surface area contributed by atoms with Crippen molar-refractivity contribution in [3.63, 3.8) is 0 Å². The smallest absolute Gasteiger partial charge is 0.0246 e. The quantitative estimate of drug-likeness (QED) is 0.581. The Morgan fingerprint density at radius 2 is 0.929 bits per heavy atom. The molecule has 0 bridgehead atoms. The first-order chi connectivity index (χ1) is 6.70. The number of hydrogen-bond donors (Lipinski definition) is 0. The lowest BCUT2D eigenvalue weighted by Gasteiger charge is -2.53. The molecule has 0 amide bonds. The van der Waals surface area contributed by atoms with E-state index in [-0.39, 0.29) is 0 Å². The zero-order valence-electron chi connectivity index (χ0n) is 10.7. The topological polar surface area (TPSA) is 0 Å². The summed E-state index contributed by atoms with van der Waals surface area (Å²) in [5, 5.41) is 0. The Labute approximate surface area is 90.5 Å². The Morgan fingerprint density at radius 3 is 1.14 bits per heavy atom. The monoisotopic (exact) mass is 196 g/mol. The van der Waals surface area contributed by atoms with Gasteiger partial charge in [-0.2, -0.15) is 0 Å². The maximum atomic E-state index is 2.41. The van der Waals surface area contributed by atoms with Gasteiger partial charge in [-0.15, -0.1) is 0 Å². The number of hydrogen-bond acceptors (Lipinski definition) is 0. The molecule has 0 radical (unpaired) electrons. The lowest BCUT2D eigenvalue weighted by atomic mass is 9.51. The van der Waals surface area contributed by atoms with Gasteiger partial charge in [0.05, 0.1) is 0 Å². The van der Waals surface area contributed by atoms with Crippen LogP contribution in [0.25, 0.3) is 0 Å². The largest absolute Gasteiger partial charge is 0.0648 e. The number of rotatable bonds is 4. The van der Waals surface area contributed by atoms with Gasteiger partial charge in [-0.05, 0) is 49.4 Å². The van der Waals surface area contributed by atoms with Crippen molar-refractivity contribution in [2.45, 2.75) is 79.1 Å². The summed E-state index contributed by atoms with van der Waals surface area (Å²) in [7, 11) is 0. The van der Waals surface area contributed by atoms with E-state index in [1.54, 1.807) is 0 Å². The van der Waals surface area contributed by atoms with Crippen molar-refractivity contribution in [3.05, 3.63) is 0 Å². The molecule has 0 saturated heterocycles. The van der Waals surface area contributed by atoms with Gasteiger partial charge >= 0.3 is 0 Å². The molecule has 1 saturated carbocycles. The van der Waals surface area contributed by atoms with Crippen molar-refractivity contribution in [3.8, 4) is 0 Å². The minimum atomic E-state index is 0.675. The van der Waals surface area contributed by atoms with Gasteiger partial charge in [0, 0.05) is 0 Å². The third-order valence-corrected chi connectivity index (χ3v) is 5.39. The van der Waals surface area contributed by atoms with Crippen LogP contribution in [0.4, 0.5) is 0 Å². The van der Waals surface area contributed by atoms with Crippen molar-refractivity contribution in [2.24, 2.45) is 10.8 Å². The van der Waals surface area contributed by atoms with Crippen LogP contribution < -0.4 is 0 Å². The van der Waals surface area contributed by atoms with Gasteiger partial charge < -0.3 is 0 Å². The predicted molar refractivity (Wildman–Crippen MR) is 64.5 cm³/mol. The van der Waals surface area contributed by atoms with E-state index >= 15 is 0 Å². The fourth-order valence-corrected chi connectivity index (χ4v) is 4.16. The molecular formula is C14H28.